The van der Waals surface area contributed by atoms with E-state index >= 15 is 0 Å². The number of aliphatic hydroxyl groups is 1. The molecular weight excluding hydrogens is 172 g/mol. The highest BCUT2D eigenvalue weighted by Gasteiger charge is 2.35. The first-order chi connectivity index (χ1) is 6.71. The minimum atomic E-state index is -0.0246. The second kappa shape index (κ2) is 4.22. The molecule has 2 aliphatic carbocycles. The van der Waals surface area contributed by atoms with Gasteiger partial charge in [-0.05, 0) is 37.0 Å². The van der Waals surface area contributed by atoms with Crippen LogP contribution in [0.4, 0.5) is 0 Å². The van der Waals surface area contributed by atoms with E-state index in [1.165, 1.54) is 51.4 Å². The van der Waals surface area contributed by atoms with E-state index in [9.17, 15) is 5.11 Å². The highest BCUT2D eigenvalue weighted by Crippen LogP contribution is 2.42. The van der Waals surface area contributed by atoms with Gasteiger partial charge in [-0.15, -0.1) is 0 Å². The van der Waals surface area contributed by atoms with Gasteiger partial charge in [-0.1, -0.05) is 39.0 Å². The van der Waals surface area contributed by atoms with Crippen LogP contribution in [0.5, 0.6) is 0 Å². The van der Waals surface area contributed by atoms with Crippen LogP contribution in [0.3, 0.4) is 0 Å². The number of hydrogen-bond donors (Lipinski definition) is 1. The summed E-state index contributed by atoms with van der Waals surface area (Å²) in [5, 5.41) is 10.2. The molecule has 0 bridgehead atoms. The summed E-state index contributed by atoms with van der Waals surface area (Å²) in [6.45, 7) is 2.30. The average molecular weight is 196 g/mol. The topological polar surface area (TPSA) is 20.2 Å². The molecule has 2 fully saturated rings. The summed E-state index contributed by atoms with van der Waals surface area (Å²) in [6.07, 6.45) is 11.7. The van der Waals surface area contributed by atoms with Crippen LogP contribution >= 0.6 is 0 Å². The fraction of sp³-hybridized carbons (Fsp3) is 1.00. The van der Waals surface area contributed by atoms with E-state index in [-0.39, 0.29) is 11.5 Å². The van der Waals surface area contributed by atoms with Crippen molar-refractivity contribution in [2.24, 2.45) is 11.3 Å². The zero-order valence-electron chi connectivity index (χ0n) is 9.47. The Labute approximate surface area is 87.9 Å². The van der Waals surface area contributed by atoms with Crippen LogP contribution in [0.1, 0.15) is 64.7 Å². The van der Waals surface area contributed by atoms with Crippen molar-refractivity contribution in [3.63, 3.8) is 0 Å². The monoisotopic (exact) mass is 196 g/mol. The van der Waals surface area contributed by atoms with Crippen molar-refractivity contribution in [2.45, 2.75) is 70.8 Å². The molecule has 14 heavy (non-hydrogen) atoms. The van der Waals surface area contributed by atoms with Crippen LogP contribution in [-0.4, -0.2) is 11.2 Å². The fourth-order valence-electron chi connectivity index (χ4n) is 2.84. The third kappa shape index (κ3) is 2.50. The molecule has 0 aromatic rings. The molecule has 1 N–H and O–H groups in total. The Morgan fingerprint density at radius 3 is 2.43 bits per heavy atom. The van der Waals surface area contributed by atoms with Gasteiger partial charge >= 0.3 is 0 Å². The van der Waals surface area contributed by atoms with E-state index < -0.39 is 0 Å². The Morgan fingerprint density at radius 2 is 1.86 bits per heavy atom. The van der Waals surface area contributed by atoms with Gasteiger partial charge in [0, 0.05) is 0 Å². The third-order valence-electron chi connectivity index (χ3n) is 4.35. The van der Waals surface area contributed by atoms with Crippen molar-refractivity contribution in [2.75, 3.05) is 0 Å². The van der Waals surface area contributed by atoms with E-state index in [4.69, 9.17) is 0 Å². The van der Waals surface area contributed by atoms with E-state index in [1.54, 1.807) is 0 Å². The van der Waals surface area contributed by atoms with Gasteiger partial charge < -0.3 is 5.11 Å². The van der Waals surface area contributed by atoms with Crippen molar-refractivity contribution in [1.82, 2.24) is 0 Å². The summed E-state index contributed by atoms with van der Waals surface area (Å²) in [4.78, 5) is 0. The van der Waals surface area contributed by atoms with Crippen LogP contribution in [0, 0.1) is 11.3 Å². The van der Waals surface area contributed by atoms with Gasteiger partial charge in [0.2, 0.25) is 0 Å². The lowest BCUT2D eigenvalue weighted by Gasteiger charge is -2.38. The smallest absolute Gasteiger partial charge is 0.0593 e. The Morgan fingerprint density at radius 1 is 1.21 bits per heavy atom. The van der Waals surface area contributed by atoms with E-state index in [0.29, 0.717) is 0 Å². The lowest BCUT2D eigenvalue weighted by atomic mass is 9.70. The summed E-state index contributed by atoms with van der Waals surface area (Å²) in [5.74, 6) is 0.969. The first-order valence-electron chi connectivity index (χ1n) is 6.39. The molecule has 1 atom stereocenters. The normalized spacial score (nSPS) is 28.7. The highest BCUT2D eigenvalue weighted by molar-refractivity contribution is 4.86. The predicted molar refractivity (Wildman–Crippen MR) is 59.2 cm³/mol. The molecule has 82 valence electrons. The van der Waals surface area contributed by atoms with Gasteiger partial charge in [0.25, 0.3) is 0 Å². The number of aliphatic hydroxyl groups excluding tert-OH is 1. The minimum absolute atomic E-state index is 0.0246. The lowest BCUT2D eigenvalue weighted by Crippen LogP contribution is -2.34. The van der Waals surface area contributed by atoms with Crippen LogP contribution in [0.15, 0.2) is 0 Å². The quantitative estimate of drug-likeness (QED) is 0.729. The molecule has 2 rings (SSSR count). The minimum Gasteiger partial charge on any atom is -0.393 e. The van der Waals surface area contributed by atoms with Gasteiger partial charge in [-0.25, -0.2) is 0 Å². The Balaban J connectivity index is 1.77. The second-order valence-corrected chi connectivity index (χ2v) is 5.75. The summed E-state index contributed by atoms with van der Waals surface area (Å²) in [6, 6.07) is 0. The van der Waals surface area contributed by atoms with E-state index in [2.05, 4.69) is 6.92 Å². The molecule has 0 saturated heterocycles. The molecule has 0 aliphatic heterocycles. The molecule has 1 heteroatoms. The van der Waals surface area contributed by atoms with Gasteiger partial charge in [-0.2, -0.15) is 0 Å². The molecule has 1 unspecified atom stereocenters. The maximum atomic E-state index is 10.2. The standard InChI is InChI=1S/C13H24O/c1-13(9-3-2-4-10-13)12(14)8-7-11-5-6-11/h11-12,14H,2-10H2,1H3. The lowest BCUT2D eigenvalue weighted by molar-refractivity contribution is 0.00216. The number of rotatable bonds is 4. The first-order valence-corrected chi connectivity index (χ1v) is 6.39. The Bertz CT molecular complexity index is 178. The van der Waals surface area contributed by atoms with Crippen molar-refractivity contribution in [3.8, 4) is 0 Å². The summed E-state index contributed by atoms with van der Waals surface area (Å²) >= 11 is 0. The van der Waals surface area contributed by atoms with Crippen molar-refractivity contribution in [3.05, 3.63) is 0 Å². The molecule has 0 aromatic carbocycles. The zero-order chi connectivity index (χ0) is 10.0. The van der Waals surface area contributed by atoms with Crippen LogP contribution in [0.2, 0.25) is 0 Å². The maximum Gasteiger partial charge on any atom is 0.0593 e. The van der Waals surface area contributed by atoms with E-state index in [1.807, 2.05) is 0 Å². The molecule has 0 amide bonds. The van der Waals surface area contributed by atoms with Gasteiger partial charge in [0.1, 0.15) is 0 Å². The zero-order valence-corrected chi connectivity index (χ0v) is 9.47. The summed E-state index contributed by atoms with van der Waals surface area (Å²) in [5.41, 5.74) is 0.257. The Kier molecular flexibility index (Phi) is 3.16. The predicted octanol–water partition coefficient (Wildman–Crippen LogP) is 3.51. The fourth-order valence-corrected chi connectivity index (χ4v) is 2.84. The van der Waals surface area contributed by atoms with Crippen molar-refractivity contribution in [1.29, 1.82) is 0 Å². The second-order valence-electron chi connectivity index (χ2n) is 5.75. The Hall–Kier alpha value is -0.0400. The van der Waals surface area contributed by atoms with Gasteiger partial charge in [0.05, 0.1) is 6.10 Å². The molecule has 0 aromatic heterocycles. The molecule has 2 aliphatic rings. The SMILES string of the molecule is CC1(C(O)CCC2CC2)CCCCC1. The molecule has 0 spiro atoms. The van der Waals surface area contributed by atoms with Crippen LogP contribution in [0.25, 0.3) is 0 Å². The molecule has 1 nitrogen and oxygen atoms in total. The van der Waals surface area contributed by atoms with Crippen LogP contribution in [-0.2, 0) is 0 Å². The van der Waals surface area contributed by atoms with E-state index in [0.717, 1.165) is 12.3 Å². The maximum absolute atomic E-state index is 10.2. The molecular formula is C13H24O. The third-order valence-corrected chi connectivity index (χ3v) is 4.35. The van der Waals surface area contributed by atoms with Gasteiger partial charge in [-0.3, -0.25) is 0 Å². The molecule has 0 radical (unpaired) electrons. The number of hydrogen-bond acceptors (Lipinski definition) is 1. The summed E-state index contributed by atoms with van der Waals surface area (Å²) in [7, 11) is 0. The largest absolute Gasteiger partial charge is 0.393 e. The average Bonchev–Trinajstić information content (AvgIpc) is 2.99. The van der Waals surface area contributed by atoms with Crippen LogP contribution < -0.4 is 0 Å². The highest BCUT2D eigenvalue weighted by atomic mass is 16.3. The molecule has 0 heterocycles. The first kappa shape index (κ1) is 10.5. The molecule has 2 saturated carbocycles. The van der Waals surface area contributed by atoms with Crippen molar-refractivity contribution < 1.29 is 5.11 Å². The summed E-state index contributed by atoms with van der Waals surface area (Å²) < 4.78 is 0. The van der Waals surface area contributed by atoms with Gasteiger partial charge in [0.15, 0.2) is 0 Å². The van der Waals surface area contributed by atoms with Crippen molar-refractivity contribution >= 4 is 0 Å².